The second-order valence-electron chi connectivity index (χ2n) is 6.22. The second-order valence-corrected chi connectivity index (χ2v) is 6.22. The largest absolute Gasteiger partial charge is 0.350 e. The molecule has 4 N–H and O–H groups in total. The number of hydrogen-bond donors (Lipinski definition) is 3. The standard InChI is InChI=1S/C18H28N4O2.2ClH/c19-11-17(23)21-13-18(24)20-12-15-7-3-4-8-16(15)14-22-9-5-1-2-6-10-22;;/h3-4,7-8H,1-2,5-6,9-14,19H2,(H,20,24)(H,21,23);2*1H. The van der Waals surface area contributed by atoms with Gasteiger partial charge >= 0.3 is 0 Å². The molecule has 1 fully saturated rings. The highest BCUT2D eigenvalue weighted by molar-refractivity contribution is 5.86. The van der Waals surface area contributed by atoms with Crippen LogP contribution in [-0.2, 0) is 22.7 Å². The molecule has 1 saturated heterocycles. The number of benzene rings is 1. The molecular formula is C18H30Cl2N4O2. The fourth-order valence-electron chi connectivity index (χ4n) is 2.93. The van der Waals surface area contributed by atoms with Crippen molar-refractivity contribution in [2.45, 2.75) is 38.8 Å². The normalized spacial score (nSPS) is 14.3. The lowest BCUT2D eigenvalue weighted by molar-refractivity contribution is -0.125. The molecule has 1 aromatic carbocycles. The minimum atomic E-state index is -0.327. The highest BCUT2D eigenvalue weighted by atomic mass is 35.5. The molecule has 0 aliphatic carbocycles. The van der Waals surface area contributed by atoms with Crippen LogP contribution in [0.15, 0.2) is 24.3 Å². The van der Waals surface area contributed by atoms with Crippen LogP contribution in [0, 0.1) is 0 Å². The van der Waals surface area contributed by atoms with Crippen molar-refractivity contribution in [3.8, 4) is 0 Å². The Labute approximate surface area is 168 Å². The third-order valence-electron chi connectivity index (χ3n) is 4.32. The van der Waals surface area contributed by atoms with Crippen molar-refractivity contribution >= 4 is 36.6 Å². The smallest absolute Gasteiger partial charge is 0.239 e. The van der Waals surface area contributed by atoms with Gasteiger partial charge in [0.25, 0.3) is 0 Å². The molecule has 1 aliphatic rings. The Hall–Kier alpha value is -1.34. The van der Waals surface area contributed by atoms with E-state index in [2.05, 4.69) is 21.6 Å². The second kappa shape index (κ2) is 13.8. The van der Waals surface area contributed by atoms with Gasteiger partial charge in [0, 0.05) is 13.1 Å². The number of halogens is 2. The molecule has 1 aromatic rings. The number of carbonyl (C=O) groups excluding carboxylic acids is 2. The van der Waals surface area contributed by atoms with E-state index in [1.54, 1.807) is 0 Å². The zero-order valence-electron chi connectivity index (χ0n) is 15.0. The fraction of sp³-hybridized carbons (Fsp3) is 0.556. The highest BCUT2D eigenvalue weighted by Crippen LogP contribution is 2.16. The van der Waals surface area contributed by atoms with Gasteiger partial charge in [-0.2, -0.15) is 0 Å². The van der Waals surface area contributed by atoms with E-state index in [1.807, 2.05) is 18.2 Å². The van der Waals surface area contributed by atoms with Gasteiger partial charge in [0.1, 0.15) is 0 Å². The zero-order valence-corrected chi connectivity index (χ0v) is 16.7. The van der Waals surface area contributed by atoms with Crippen molar-refractivity contribution in [3.63, 3.8) is 0 Å². The van der Waals surface area contributed by atoms with E-state index >= 15 is 0 Å². The molecule has 0 spiro atoms. The SMILES string of the molecule is Cl.Cl.NCC(=O)NCC(=O)NCc1ccccc1CN1CCCCCC1. The lowest BCUT2D eigenvalue weighted by Crippen LogP contribution is -2.39. The van der Waals surface area contributed by atoms with Crippen LogP contribution in [-0.4, -0.2) is 42.9 Å². The zero-order chi connectivity index (χ0) is 17.2. The van der Waals surface area contributed by atoms with Crippen LogP contribution in [0.3, 0.4) is 0 Å². The summed E-state index contributed by atoms with van der Waals surface area (Å²) in [5.74, 6) is -0.534. The van der Waals surface area contributed by atoms with E-state index < -0.39 is 0 Å². The van der Waals surface area contributed by atoms with E-state index in [0.29, 0.717) is 6.54 Å². The monoisotopic (exact) mass is 404 g/mol. The Morgan fingerprint density at radius 3 is 2.15 bits per heavy atom. The van der Waals surface area contributed by atoms with Crippen LogP contribution in [0.1, 0.15) is 36.8 Å². The molecule has 0 radical (unpaired) electrons. The Kier molecular flexibility index (Phi) is 13.1. The van der Waals surface area contributed by atoms with Crippen molar-refractivity contribution in [2.75, 3.05) is 26.2 Å². The van der Waals surface area contributed by atoms with Crippen molar-refractivity contribution in [2.24, 2.45) is 5.73 Å². The first-order valence-electron chi connectivity index (χ1n) is 8.71. The van der Waals surface area contributed by atoms with Gasteiger partial charge in [0.15, 0.2) is 0 Å². The van der Waals surface area contributed by atoms with E-state index in [4.69, 9.17) is 5.73 Å². The summed E-state index contributed by atoms with van der Waals surface area (Å²) in [7, 11) is 0. The minimum absolute atomic E-state index is 0. The summed E-state index contributed by atoms with van der Waals surface area (Å²) in [5, 5.41) is 5.33. The topological polar surface area (TPSA) is 87.5 Å². The van der Waals surface area contributed by atoms with Crippen molar-refractivity contribution in [1.29, 1.82) is 0 Å². The summed E-state index contributed by atoms with van der Waals surface area (Å²) in [6, 6.07) is 8.21. The van der Waals surface area contributed by atoms with Crippen LogP contribution < -0.4 is 16.4 Å². The third-order valence-corrected chi connectivity index (χ3v) is 4.32. The number of nitrogens with one attached hydrogen (secondary N) is 2. The van der Waals surface area contributed by atoms with Gasteiger partial charge in [-0.25, -0.2) is 0 Å². The van der Waals surface area contributed by atoms with Gasteiger partial charge in [-0.3, -0.25) is 14.5 Å². The third kappa shape index (κ3) is 8.85. The van der Waals surface area contributed by atoms with Gasteiger partial charge in [-0.15, -0.1) is 24.8 Å². The maximum absolute atomic E-state index is 11.8. The Morgan fingerprint density at radius 2 is 1.54 bits per heavy atom. The number of amides is 2. The van der Waals surface area contributed by atoms with Crippen LogP contribution in [0.25, 0.3) is 0 Å². The lowest BCUT2D eigenvalue weighted by atomic mass is 10.1. The first kappa shape index (κ1) is 24.7. The molecule has 1 heterocycles. The molecule has 0 unspecified atom stereocenters. The first-order valence-corrected chi connectivity index (χ1v) is 8.71. The summed E-state index contributed by atoms with van der Waals surface area (Å²) in [4.78, 5) is 25.4. The molecule has 26 heavy (non-hydrogen) atoms. The van der Waals surface area contributed by atoms with Crippen LogP contribution in [0.4, 0.5) is 0 Å². The Morgan fingerprint density at radius 1 is 0.923 bits per heavy atom. The molecule has 0 atom stereocenters. The van der Waals surface area contributed by atoms with Crippen LogP contribution in [0.2, 0.25) is 0 Å². The van der Waals surface area contributed by atoms with Crippen molar-refractivity contribution in [3.05, 3.63) is 35.4 Å². The highest BCUT2D eigenvalue weighted by Gasteiger charge is 2.12. The molecule has 6 nitrogen and oxygen atoms in total. The van der Waals surface area contributed by atoms with E-state index in [-0.39, 0.29) is 49.7 Å². The first-order chi connectivity index (χ1) is 11.7. The quantitative estimate of drug-likeness (QED) is 0.643. The van der Waals surface area contributed by atoms with Gasteiger partial charge in [-0.05, 0) is 37.1 Å². The van der Waals surface area contributed by atoms with Gasteiger partial charge in [-0.1, -0.05) is 37.1 Å². The molecule has 2 amide bonds. The maximum atomic E-state index is 11.8. The molecule has 148 valence electrons. The lowest BCUT2D eigenvalue weighted by Gasteiger charge is -2.21. The van der Waals surface area contributed by atoms with Crippen molar-refractivity contribution in [1.82, 2.24) is 15.5 Å². The predicted octanol–water partition coefficient (Wildman–Crippen LogP) is 1.60. The molecule has 0 aromatic heterocycles. The summed E-state index contributed by atoms with van der Waals surface area (Å²) in [6.07, 6.45) is 5.17. The molecule has 0 bridgehead atoms. The number of likely N-dealkylation sites (tertiary alicyclic amines) is 1. The van der Waals surface area contributed by atoms with Gasteiger partial charge in [0.2, 0.25) is 11.8 Å². The maximum Gasteiger partial charge on any atom is 0.239 e. The number of hydrogen-bond acceptors (Lipinski definition) is 4. The van der Waals surface area contributed by atoms with Crippen LogP contribution >= 0.6 is 24.8 Å². The number of nitrogens with zero attached hydrogens (tertiary/aromatic N) is 1. The molecule has 2 rings (SSSR count). The average Bonchev–Trinajstić information content (AvgIpc) is 2.87. The Bertz CT molecular complexity index is 550. The van der Waals surface area contributed by atoms with Gasteiger partial charge in [0.05, 0.1) is 13.1 Å². The minimum Gasteiger partial charge on any atom is -0.350 e. The van der Waals surface area contributed by atoms with E-state index in [1.165, 1.54) is 31.2 Å². The molecule has 0 saturated carbocycles. The summed E-state index contributed by atoms with van der Waals surface area (Å²) >= 11 is 0. The number of rotatable bonds is 7. The average molecular weight is 405 g/mol. The number of nitrogens with two attached hydrogens (primary N) is 1. The molecule has 8 heteroatoms. The predicted molar refractivity (Wildman–Crippen MR) is 109 cm³/mol. The molecular weight excluding hydrogens is 375 g/mol. The fourth-order valence-corrected chi connectivity index (χ4v) is 2.93. The summed E-state index contributed by atoms with van der Waals surface area (Å²) in [5.41, 5.74) is 7.58. The molecule has 1 aliphatic heterocycles. The van der Waals surface area contributed by atoms with Gasteiger partial charge < -0.3 is 16.4 Å². The Balaban J connectivity index is 0.00000312. The number of carbonyl (C=O) groups is 2. The van der Waals surface area contributed by atoms with Crippen molar-refractivity contribution < 1.29 is 9.59 Å². The summed E-state index contributed by atoms with van der Waals surface area (Å²) < 4.78 is 0. The van der Waals surface area contributed by atoms with Crippen LogP contribution in [0.5, 0.6) is 0 Å². The van der Waals surface area contributed by atoms with E-state index in [0.717, 1.165) is 25.2 Å². The summed E-state index contributed by atoms with van der Waals surface area (Å²) in [6.45, 7) is 3.55. The van der Waals surface area contributed by atoms with E-state index in [9.17, 15) is 9.59 Å².